The van der Waals surface area contributed by atoms with Crippen molar-refractivity contribution in [3.63, 3.8) is 0 Å². The van der Waals surface area contributed by atoms with Crippen LogP contribution >= 0.6 is 16.3 Å². The van der Waals surface area contributed by atoms with Crippen molar-refractivity contribution in [1.29, 1.82) is 0 Å². The Kier molecular flexibility index (Phi) is 3.81. The van der Waals surface area contributed by atoms with Crippen LogP contribution in [0.4, 0.5) is 5.69 Å². The molecular weight excluding hydrogens is 340 g/mol. The van der Waals surface area contributed by atoms with Crippen molar-refractivity contribution in [1.82, 2.24) is 4.89 Å². The Hall–Kier alpha value is -1.16. The molecule has 2 N–H and O–H groups in total. The van der Waals surface area contributed by atoms with Gasteiger partial charge in [0.15, 0.2) is 22.0 Å². The summed E-state index contributed by atoms with van der Waals surface area (Å²) in [5.41, 5.74) is 1.32. The topological polar surface area (TPSA) is 95.9 Å². The highest BCUT2D eigenvalue weighted by molar-refractivity contribution is 9.06. The summed E-state index contributed by atoms with van der Waals surface area (Å²) in [5.74, 6) is -0.128. The van der Waals surface area contributed by atoms with Gasteiger partial charge in [-0.1, -0.05) is 4.89 Å². The molecule has 104 valence electrons. The number of carbonyl (C=O) groups excluding carboxylic acids is 1. The van der Waals surface area contributed by atoms with Gasteiger partial charge in [0.1, 0.15) is 4.90 Å². The maximum atomic E-state index is 11.7. The van der Waals surface area contributed by atoms with Gasteiger partial charge in [-0.3, -0.25) is 4.79 Å². The second kappa shape index (κ2) is 5.08. The van der Waals surface area contributed by atoms with Gasteiger partial charge in [0.25, 0.3) is 10.0 Å². The molecular formula is C10H11BrN2O5S. The van der Waals surface area contributed by atoms with E-state index in [-0.39, 0.29) is 16.6 Å². The first-order chi connectivity index (χ1) is 8.90. The van der Waals surface area contributed by atoms with Gasteiger partial charge in [-0.05, 0) is 24.1 Å². The average Bonchev–Trinajstić information content (AvgIpc) is 2.79. The van der Waals surface area contributed by atoms with Crippen molar-refractivity contribution in [2.24, 2.45) is 0 Å². The predicted molar refractivity (Wildman–Crippen MR) is 69.8 cm³/mol. The Labute approximate surface area is 118 Å². The van der Waals surface area contributed by atoms with Gasteiger partial charge in [0.2, 0.25) is 5.91 Å². The smallest absolute Gasteiger partial charge is 0.266 e. The van der Waals surface area contributed by atoms with Crippen LogP contribution in [0, 0.1) is 0 Å². The molecule has 0 saturated carbocycles. The summed E-state index contributed by atoms with van der Waals surface area (Å²) in [7, 11) is -4.10. The number of halogens is 1. The van der Waals surface area contributed by atoms with Crippen molar-refractivity contribution in [2.45, 2.75) is 18.2 Å². The number of nitrogens with one attached hydrogen (secondary N) is 1. The lowest BCUT2D eigenvalue weighted by molar-refractivity contribution is -0.116. The van der Waals surface area contributed by atoms with Gasteiger partial charge in [0.05, 0.1) is 0 Å². The fourth-order valence-corrected chi connectivity index (χ4v) is 3.15. The zero-order valence-corrected chi connectivity index (χ0v) is 12.3. The van der Waals surface area contributed by atoms with E-state index in [1.54, 1.807) is 0 Å². The molecule has 0 aliphatic carbocycles. The SMILES string of the molecule is CC(=O)N1CCc2cc(OBr)c(S(=O)(=O)NO)cc21. The molecule has 1 amide bonds. The van der Waals surface area contributed by atoms with Gasteiger partial charge >= 0.3 is 0 Å². The standard InChI is InChI=1S/C10H11BrN2O5S/c1-6(14)13-3-2-7-4-9(18-11)10(5-8(7)13)19(16,17)12-15/h4-5,12,15H,2-3H2,1H3. The van der Waals surface area contributed by atoms with Crippen LogP contribution < -0.4 is 13.6 Å². The lowest BCUT2D eigenvalue weighted by Crippen LogP contribution is -2.26. The zero-order valence-electron chi connectivity index (χ0n) is 9.88. The van der Waals surface area contributed by atoms with Crippen LogP contribution in [0.25, 0.3) is 0 Å². The number of rotatable bonds is 3. The Bertz CT molecular complexity index is 631. The number of hydrogen-bond donors (Lipinski definition) is 2. The Morgan fingerprint density at radius 3 is 2.74 bits per heavy atom. The monoisotopic (exact) mass is 350 g/mol. The summed E-state index contributed by atoms with van der Waals surface area (Å²) in [4.78, 5) is 13.9. The minimum absolute atomic E-state index is 0.0469. The molecule has 7 nitrogen and oxygen atoms in total. The third-order valence-electron chi connectivity index (χ3n) is 2.91. The van der Waals surface area contributed by atoms with E-state index in [9.17, 15) is 13.2 Å². The summed E-state index contributed by atoms with van der Waals surface area (Å²) in [6, 6.07) is 2.83. The second-order valence-corrected chi connectivity index (χ2v) is 5.97. The van der Waals surface area contributed by atoms with Crippen molar-refractivity contribution in [3.8, 4) is 5.75 Å². The summed E-state index contributed by atoms with van der Waals surface area (Å²) < 4.78 is 28.2. The van der Waals surface area contributed by atoms with E-state index < -0.39 is 10.0 Å². The van der Waals surface area contributed by atoms with E-state index in [0.29, 0.717) is 18.7 Å². The summed E-state index contributed by atoms with van der Waals surface area (Å²) in [6.07, 6.45) is 0.616. The highest BCUT2D eigenvalue weighted by Crippen LogP contribution is 2.37. The highest BCUT2D eigenvalue weighted by atomic mass is 79.9. The molecule has 0 bridgehead atoms. The maximum absolute atomic E-state index is 11.7. The number of hydrogen-bond acceptors (Lipinski definition) is 5. The number of carbonyl (C=O) groups is 1. The van der Waals surface area contributed by atoms with Crippen LogP contribution in [0.5, 0.6) is 5.75 Å². The maximum Gasteiger partial charge on any atom is 0.266 e. The van der Waals surface area contributed by atoms with Gasteiger partial charge in [-0.15, -0.1) is 0 Å². The Morgan fingerprint density at radius 2 is 2.21 bits per heavy atom. The van der Waals surface area contributed by atoms with Crippen LogP contribution in [0.15, 0.2) is 17.0 Å². The molecule has 1 aromatic rings. The summed E-state index contributed by atoms with van der Waals surface area (Å²) in [6.45, 7) is 1.89. The molecule has 0 spiro atoms. The molecule has 1 heterocycles. The van der Waals surface area contributed by atoms with Crippen molar-refractivity contribution in [2.75, 3.05) is 11.4 Å². The third kappa shape index (κ3) is 2.46. The van der Waals surface area contributed by atoms with E-state index in [1.807, 2.05) is 0 Å². The number of sulfonamides is 1. The molecule has 0 aromatic heterocycles. The number of fused-ring (bicyclic) bond motifs is 1. The molecule has 0 atom stereocenters. The van der Waals surface area contributed by atoms with Crippen LogP contribution in [-0.4, -0.2) is 26.1 Å². The molecule has 1 aromatic carbocycles. The predicted octanol–water partition coefficient (Wildman–Crippen LogP) is 0.952. The minimum Gasteiger partial charge on any atom is -0.417 e. The summed E-state index contributed by atoms with van der Waals surface area (Å²) >= 11 is 2.73. The number of anilines is 1. The fourth-order valence-electron chi connectivity index (χ4n) is 2.04. The van der Waals surface area contributed by atoms with Crippen molar-refractivity contribution in [3.05, 3.63) is 17.7 Å². The fraction of sp³-hybridized carbons (Fsp3) is 0.300. The van der Waals surface area contributed by atoms with E-state index in [2.05, 4.69) is 16.3 Å². The first-order valence-corrected chi connectivity index (χ1v) is 7.43. The van der Waals surface area contributed by atoms with Crippen molar-refractivity contribution < 1.29 is 22.2 Å². The van der Waals surface area contributed by atoms with Gasteiger partial charge in [-0.2, -0.15) is 0 Å². The van der Waals surface area contributed by atoms with Crippen LogP contribution in [-0.2, 0) is 21.2 Å². The largest absolute Gasteiger partial charge is 0.417 e. The molecule has 9 heteroatoms. The lowest BCUT2D eigenvalue weighted by atomic mass is 10.1. The Balaban J connectivity index is 2.63. The molecule has 19 heavy (non-hydrogen) atoms. The number of nitrogens with zero attached hydrogens (tertiary/aromatic N) is 1. The molecule has 0 saturated heterocycles. The first kappa shape index (κ1) is 14.3. The van der Waals surface area contributed by atoms with E-state index in [4.69, 9.17) is 9.04 Å². The number of amides is 1. The molecule has 0 fully saturated rings. The quantitative estimate of drug-likeness (QED) is 0.791. The van der Waals surface area contributed by atoms with Crippen LogP contribution in [0.1, 0.15) is 12.5 Å². The molecule has 0 radical (unpaired) electrons. The van der Waals surface area contributed by atoms with Gasteiger partial charge in [-0.25, -0.2) is 8.42 Å². The van der Waals surface area contributed by atoms with Gasteiger partial charge in [0, 0.05) is 19.2 Å². The zero-order chi connectivity index (χ0) is 14.2. The first-order valence-electron chi connectivity index (χ1n) is 5.30. The normalized spacial score (nSPS) is 14.4. The Morgan fingerprint density at radius 1 is 1.53 bits per heavy atom. The van der Waals surface area contributed by atoms with Crippen LogP contribution in [0.3, 0.4) is 0 Å². The second-order valence-electron chi connectivity index (χ2n) is 4.02. The van der Waals surface area contributed by atoms with E-state index >= 15 is 0 Å². The molecule has 1 aliphatic heterocycles. The van der Waals surface area contributed by atoms with Crippen LogP contribution in [0.2, 0.25) is 0 Å². The number of benzene rings is 1. The van der Waals surface area contributed by atoms with Gasteiger partial charge < -0.3 is 13.9 Å². The van der Waals surface area contributed by atoms with E-state index in [0.717, 1.165) is 5.56 Å². The van der Waals surface area contributed by atoms with Crippen molar-refractivity contribution >= 4 is 37.9 Å². The molecule has 1 aliphatic rings. The molecule has 0 unspecified atom stereocenters. The van der Waals surface area contributed by atoms with E-state index in [1.165, 1.54) is 28.8 Å². The third-order valence-corrected chi connectivity index (χ3v) is 4.40. The summed E-state index contributed by atoms with van der Waals surface area (Å²) in [5, 5.41) is 8.70. The highest BCUT2D eigenvalue weighted by Gasteiger charge is 2.28. The average molecular weight is 351 g/mol. The lowest BCUT2D eigenvalue weighted by Gasteiger charge is -2.16. The molecule has 2 rings (SSSR count). The minimum atomic E-state index is -4.10.